The lowest BCUT2D eigenvalue weighted by molar-refractivity contribution is -0.125. The molecule has 0 saturated carbocycles. The standard InChI is InChI=1S/C23H26N4O2/c1-16-9-11-17(12-10-16)14-24-22(28)18-6-5-13-27(15-18)21-23(29-2)26-20-8-4-3-7-19(20)25-21/h3-4,7-12,18H,5-6,13-15H2,1-2H3,(H,24,28). The number of para-hydroxylation sites is 2. The Balaban J connectivity index is 1.47. The van der Waals surface area contributed by atoms with Crippen LogP contribution >= 0.6 is 0 Å². The van der Waals surface area contributed by atoms with E-state index in [1.165, 1.54) is 5.56 Å². The number of hydrogen-bond donors (Lipinski definition) is 1. The Morgan fingerprint density at radius 3 is 2.59 bits per heavy atom. The Labute approximate surface area is 170 Å². The molecule has 1 N–H and O–H groups in total. The maximum atomic E-state index is 12.8. The Bertz CT molecular complexity index is 1000. The minimum absolute atomic E-state index is 0.0767. The molecule has 150 valence electrons. The van der Waals surface area contributed by atoms with E-state index in [9.17, 15) is 4.79 Å². The highest BCUT2D eigenvalue weighted by Crippen LogP contribution is 2.30. The van der Waals surface area contributed by atoms with Crippen LogP contribution in [0.25, 0.3) is 11.0 Å². The topological polar surface area (TPSA) is 67.4 Å². The number of anilines is 1. The zero-order chi connectivity index (χ0) is 20.2. The zero-order valence-electron chi connectivity index (χ0n) is 16.9. The van der Waals surface area contributed by atoms with Gasteiger partial charge in [-0.25, -0.2) is 9.97 Å². The molecule has 1 aliphatic rings. The van der Waals surface area contributed by atoms with E-state index in [2.05, 4.69) is 46.4 Å². The first-order valence-corrected chi connectivity index (χ1v) is 10.0. The molecule has 6 heteroatoms. The van der Waals surface area contributed by atoms with Crippen LogP contribution in [0.3, 0.4) is 0 Å². The summed E-state index contributed by atoms with van der Waals surface area (Å²) in [6.07, 6.45) is 1.81. The van der Waals surface area contributed by atoms with Gasteiger partial charge in [0.25, 0.3) is 5.88 Å². The van der Waals surface area contributed by atoms with Crippen LogP contribution in [0.5, 0.6) is 5.88 Å². The molecule has 0 radical (unpaired) electrons. The van der Waals surface area contributed by atoms with Crippen molar-refractivity contribution in [3.05, 3.63) is 59.7 Å². The first-order chi connectivity index (χ1) is 14.1. The summed E-state index contributed by atoms with van der Waals surface area (Å²) in [5.74, 6) is 1.22. The number of fused-ring (bicyclic) bond motifs is 1. The number of ether oxygens (including phenoxy) is 1. The number of hydrogen-bond acceptors (Lipinski definition) is 5. The van der Waals surface area contributed by atoms with Crippen molar-refractivity contribution >= 4 is 22.8 Å². The third kappa shape index (κ3) is 4.31. The van der Waals surface area contributed by atoms with Crippen molar-refractivity contribution in [1.82, 2.24) is 15.3 Å². The molecule has 2 aromatic carbocycles. The molecule has 0 spiro atoms. The van der Waals surface area contributed by atoms with E-state index in [4.69, 9.17) is 9.72 Å². The molecule has 1 aromatic heterocycles. The van der Waals surface area contributed by atoms with Crippen LogP contribution in [0, 0.1) is 12.8 Å². The number of nitrogens with zero attached hydrogens (tertiary/aromatic N) is 3. The summed E-state index contributed by atoms with van der Waals surface area (Å²) >= 11 is 0. The summed E-state index contributed by atoms with van der Waals surface area (Å²) in [4.78, 5) is 24.3. The van der Waals surface area contributed by atoms with E-state index < -0.39 is 0 Å². The van der Waals surface area contributed by atoms with E-state index in [0.29, 0.717) is 24.8 Å². The summed E-state index contributed by atoms with van der Waals surface area (Å²) in [7, 11) is 1.61. The average Bonchev–Trinajstić information content (AvgIpc) is 2.77. The molecule has 1 saturated heterocycles. The molecule has 1 amide bonds. The molecule has 29 heavy (non-hydrogen) atoms. The summed E-state index contributed by atoms with van der Waals surface area (Å²) in [6, 6.07) is 16.0. The molecule has 1 aliphatic heterocycles. The molecule has 2 heterocycles. The highest BCUT2D eigenvalue weighted by molar-refractivity contribution is 5.80. The number of aromatic nitrogens is 2. The van der Waals surface area contributed by atoms with Crippen molar-refractivity contribution in [3.8, 4) is 5.88 Å². The van der Waals surface area contributed by atoms with Crippen LogP contribution in [0.1, 0.15) is 24.0 Å². The van der Waals surface area contributed by atoms with Crippen LogP contribution in [0.2, 0.25) is 0 Å². The number of aryl methyl sites for hydroxylation is 1. The SMILES string of the molecule is COc1nc2ccccc2nc1N1CCCC(C(=O)NCc2ccc(C)cc2)C1. The Kier molecular flexibility index (Phi) is 5.60. The fourth-order valence-electron chi connectivity index (χ4n) is 3.74. The highest BCUT2D eigenvalue weighted by atomic mass is 16.5. The smallest absolute Gasteiger partial charge is 0.257 e. The molecular formula is C23H26N4O2. The van der Waals surface area contributed by atoms with Gasteiger partial charge in [-0.2, -0.15) is 0 Å². The van der Waals surface area contributed by atoms with Crippen LogP contribution < -0.4 is 15.0 Å². The predicted octanol–water partition coefficient (Wildman–Crippen LogP) is 3.48. The van der Waals surface area contributed by atoms with Gasteiger partial charge in [-0.1, -0.05) is 42.0 Å². The normalized spacial score (nSPS) is 16.6. The lowest BCUT2D eigenvalue weighted by atomic mass is 9.97. The third-order valence-electron chi connectivity index (χ3n) is 5.39. The predicted molar refractivity (Wildman–Crippen MR) is 114 cm³/mol. The minimum atomic E-state index is -0.0767. The molecule has 0 aliphatic carbocycles. The first-order valence-electron chi connectivity index (χ1n) is 10.0. The highest BCUT2D eigenvalue weighted by Gasteiger charge is 2.28. The van der Waals surface area contributed by atoms with Gasteiger partial charge in [0.15, 0.2) is 5.82 Å². The van der Waals surface area contributed by atoms with Crippen molar-refractivity contribution in [3.63, 3.8) is 0 Å². The van der Waals surface area contributed by atoms with Gasteiger partial charge < -0.3 is 15.0 Å². The fraction of sp³-hybridized carbons (Fsp3) is 0.348. The lowest BCUT2D eigenvalue weighted by Gasteiger charge is -2.33. The third-order valence-corrected chi connectivity index (χ3v) is 5.39. The van der Waals surface area contributed by atoms with Gasteiger partial charge in [0.1, 0.15) is 0 Å². The van der Waals surface area contributed by atoms with E-state index in [1.807, 2.05) is 24.3 Å². The van der Waals surface area contributed by atoms with E-state index in [0.717, 1.165) is 36.0 Å². The Morgan fingerprint density at radius 1 is 1.14 bits per heavy atom. The second-order valence-electron chi connectivity index (χ2n) is 7.53. The van der Waals surface area contributed by atoms with Gasteiger partial charge in [-0.15, -0.1) is 0 Å². The second kappa shape index (κ2) is 8.47. The number of rotatable bonds is 5. The van der Waals surface area contributed by atoms with Crippen LogP contribution in [-0.4, -0.2) is 36.1 Å². The van der Waals surface area contributed by atoms with Gasteiger partial charge in [0.2, 0.25) is 5.91 Å². The number of nitrogens with one attached hydrogen (secondary N) is 1. The van der Waals surface area contributed by atoms with Gasteiger partial charge in [-0.3, -0.25) is 4.79 Å². The lowest BCUT2D eigenvalue weighted by Crippen LogP contribution is -2.43. The number of piperidine rings is 1. The van der Waals surface area contributed by atoms with Gasteiger partial charge >= 0.3 is 0 Å². The van der Waals surface area contributed by atoms with E-state index in [1.54, 1.807) is 7.11 Å². The fourth-order valence-corrected chi connectivity index (χ4v) is 3.74. The average molecular weight is 390 g/mol. The maximum Gasteiger partial charge on any atom is 0.257 e. The summed E-state index contributed by atoms with van der Waals surface area (Å²) in [5, 5.41) is 3.09. The first kappa shape index (κ1) is 19.2. The van der Waals surface area contributed by atoms with Crippen molar-refractivity contribution in [2.75, 3.05) is 25.1 Å². The van der Waals surface area contributed by atoms with Crippen LogP contribution in [-0.2, 0) is 11.3 Å². The quantitative estimate of drug-likeness (QED) is 0.722. The summed E-state index contributed by atoms with van der Waals surface area (Å²) in [6.45, 7) is 4.06. The van der Waals surface area contributed by atoms with Crippen LogP contribution in [0.15, 0.2) is 48.5 Å². The summed E-state index contributed by atoms with van der Waals surface area (Å²) in [5.41, 5.74) is 3.96. The van der Waals surface area contributed by atoms with Crippen LogP contribution in [0.4, 0.5) is 5.82 Å². The van der Waals surface area contributed by atoms with Crippen molar-refractivity contribution in [1.29, 1.82) is 0 Å². The minimum Gasteiger partial charge on any atom is -0.478 e. The molecule has 1 unspecified atom stereocenters. The zero-order valence-corrected chi connectivity index (χ0v) is 16.9. The number of methoxy groups -OCH3 is 1. The maximum absolute atomic E-state index is 12.8. The largest absolute Gasteiger partial charge is 0.478 e. The van der Waals surface area contributed by atoms with Gasteiger partial charge in [0, 0.05) is 19.6 Å². The van der Waals surface area contributed by atoms with Crippen molar-refractivity contribution in [2.45, 2.75) is 26.3 Å². The molecule has 3 aromatic rings. The monoisotopic (exact) mass is 390 g/mol. The van der Waals surface area contributed by atoms with Gasteiger partial charge in [0.05, 0.1) is 24.1 Å². The molecule has 0 bridgehead atoms. The number of benzene rings is 2. The van der Waals surface area contributed by atoms with E-state index >= 15 is 0 Å². The Hall–Kier alpha value is -3.15. The molecule has 6 nitrogen and oxygen atoms in total. The van der Waals surface area contributed by atoms with Gasteiger partial charge in [-0.05, 0) is 37.5 Å². The van der Waals surface area contributed by atoms with Crippen molar-refractivity contribution in [2.24, 2.45) is 5.92 Å². The Morgan fingerprint density at radius 2 is 1.86 bits per heavy atom. The molecule has 1 atom stereocenters. The second-order valence-corrected chi connectivity index (χ2v) is 7.53. The number of carbonyl (C=O) groups excluding carboxylic acids is 1. The number of amides is 1. The number of carbonyl (C=O) groups is 1. The summed E-state index contributed by atoms with van der Waals surface area (Å²) < 4.78 is 5.50. The van der Waals surface area contributed by atoms with Crippen molar-refractivity contribution < 1.29 is 9.53 Å². The molecular weight excluding hydrogens is 364 g/mol. The molecule has 4 rings (SSSR count). The van der Waals surface area contributed by atoms with E-state index in [-0.39, 0.29) is 11.8 Å². The molecule has 1 fully saturated rings.